The molecule has 0 unspecified atom stereocenters. The van der Waals surface area contributed by atoms with Crippen LogP contribution in [0.25, 0.3) is 6.08 Å². The summed E-state index contributed by atoms with van der Waals surface area (Å²) in [5.74, 6) is -1.37. The van der Waals surface area contributed by atoms with Crippen LogP contribution in [0, 0.1) is 5.82 Å². The predicted octanol–water partition coefficient (Wildman–Crippen LogP) is 3.25. The van der Waals surface area contributed by atoms with E-state index in [1.54, 1.807) is 24.3 Å². The molecule has 0 fully saturated rings. The highest BCUT2D eigenvalue weighted by Crippen LogP contribution is 2.18. The molecule has 25 heavy (non-hydrogen) atoms. The summed E-state index contributed by atoms with van der Waals surface area (Å²) in [6.45, 7) is 0. The van der Waals surface area contributed by atoms with Crippen molar-refractivity contribution in [3.8, 4) is 0 Å². The van der Waals surface area contributed by atoms with E-state index in [9.17, 15) is 14.0 Å². The van der Waals surface area contributed by atoms with Crippen molar-refractivity contribution in [2.24, 2.45) is 4.99 Å². The number of benzene rings is 2. The molecular formula is C19H16FNO4. The summed E-state index contributed by atoms with van der Waals surface area (Å²) >= 11 is 0. The topological polar surface area (TPSA) is 65.0 Å². The van der Waals surface area contributed by atoms with Crippen molar-refractivity contribution < 1.29 is 23.5 Å². The van der Waals surface area contributed by atoms with Gasteiger partial charge >= 0.3 is 5.97 Å². The highest BCUT2D eigenvalue weighted by Gasteiger charge is 2.16. The number of hydrogen-bond donors (Lipinski definition) is 0. The molecule has 2 aromatic carbocycles. The van der Waals surface area contributed by atoms with Crippen molar-refractivity contribution in [1.29, 1.82) is 0 Å². The summed E-state index contributed by atoms with van der Waals surface area (Å²) in [4.78, 5) is 27.3. The molecule has 0 aliphatic rings. The maximum absolute atomic E-state index is 14.0. The zero-order valence-corrected chi connectivity index (χ0v) is 13.7. The van der Waals surface area contributed by atoms with Crippen LogP contribution in [0.3, 0.4) is 0 Å². The van der Waals surface area contributed by atoms with Gasteiger partial charge in [-0.1, -0.05) is 30.3 Å². The van der Waals surface area contributed by atoms with Gasteiger partial charge in [0.05, 0.1) is 14.2 Å². The van der Waals surface area contributed by atoms with E-state index in [2.05, 4.69) is 9.73 Å². The Morgan fingerprint density at radius 1 is 1.04 bits per heavy atom. The fraction of sp³-hybridized carbons (Fsp3) is 0.105. The first-order chi connectivity index (χ1) is 12.1. The summed E-state index contributed by atoms with van der Waals surface area (Å²) in [5, 5.41) is 0. The van der Waals surface area contributed by atoms with Crippen molar-refractivity contribution in [1.82, 2.24) is 0 Å². The average molecular weight is 341 g/mol. The van der Waals surface area contributed by atoms with Crippen LogP contribution in [0.2, 0.25) is 0 Å². The van der Waals surface area contributed by atoms with Crippen LogP contribution in [0.5, 0.6) is 0 Å². The lowest BCUT2D eigenvalue weighted by molar-refractivity contribution is -0.104. The van der Waals surface area contributed by atoms with Crippen LogP contribution in [-0.4, -0.2) is 32.4 Å². The van der Waals surface area contributed by atoms with E-state index in [1.165, 1.54) is 25.3 Å². The van der Waals surface area contributed by atoms with Crippen LogP contribution >= 0.6 is 0 Å². The maximum Gasteiger partial charge on any atom is 0.341 e. The summed E-state index contributed by atoms with van der Waals surface area (Å²) < 4.78 is 23.8. The van der Waals surface area contributed by atoms with E-state index in [-0.39, 0.29) is 22.7 Å². The molecule has 0 aliphatic carbocycles. The van der Waals surface area contributed by atoms with E-state index < -0.39 is 11.8 Å². The SMILES string of the molecule is COC(=O)c1c(F)cccc1/C=C(/C=O)N=C(OC)c1ccccc1. The predicted molar refractivity (Wildman–Crippen MR) is 91.8 cm³/mol. The highest BCUT2D eigenvalue weighted by atomic mass is 19.1. The monoisotopic (exact) mass is 341 g/mol. The molecule has 2 rings (SSSR count). The lowest BCUT2D eigenvalue weighted by Crippen LogP contribution is -2.07. The molecule has 0 saturated carbocycles. The molecule has 0 N–H and O–H groups in total. The fourth-order valence-corrected chi connectivity index (χ4v) is 2.16. The van der Waals surface area contributed by atoms with Gasteiger partial charge in [0.15, 0.2) is 6.29 Å². The number of methoxy groups -OCH3 is 2. The molecule has 0 saturated heterocycles. The summed E-state index contributed by atoms with van der Waals surface area (Å²) in [5.41, 5.74) is 0.557. The third-order valence-corrected chi connectivity index (χ3v) is 3.30. The highest BCUT2D eigenvalue weighted by molar-refractivity contribution is 5.99. The molecule has 0 aliphatic heterocycles. The molecule has 0 aromatic heterocycles. The van der Waals surface area contributed by atoms with E-state index >= 15 is 0 Å². The van der Waals surface area contributed by atoms with E-state index in [4.69, 9.17) is 4.74 Å². The summed E-state index contributed by atoms with van der Waals surface area (Å²) in [7, 11) is 2.58. The quantitative estimate of drug-likeness (QED) is 0.275. The zero-order chi connectivity index (χ0) is 18.2. The average Bonchev–Trinajstić information content (AvgIpc) is 2.65. The maximum atomic E-state index is 14.0. The van der Waals surface area contributed by atoms with Gasteiger partial charge in [-0.25, -0.2) is 14.2 Å². The Labute approximate surface area is 144 Å². The minimum Gasteiger partial charge on any atom is -0.481 e. The van der Waals surface area contributed by atoms with Crippen molar-refractivity contribution in [3.63, 3.8) is 0 Å². The van der Waals surface area contributed by atoms with Gasteiger partial charge in [0.2, 0.25) is 5.90 Å². The number of ether oxygens (including phenoxy) is 2. The first kappa shape index (κ1) is 18.1. The lowest BCUT2D eigenvalue weighted by atomic mass is 10.1. The second kappa shape index (κ2) is 8.54. The fourth-order valence-electron chi connectivity index (χ4n) is 2.16. The largest absolute Gasteiger partial charge is 0.481 e. The number of carbonyl (C=O) groups is 2. The molecule has 0 atom stereocenters. The minimum atomic E-state index is -0.839. The number of carbonyl (C=O) groups excluding carboxylic acids is 2. The van der Waals surface area contributed by atoms with Crippen molar-refractivity contribution in [3.05, 3.63) is 76.7 Å². The lowest BCUT2D eigenvalue weighted by Gasteiger charge is -2.07. The number of allylic oxidation sites excluding steroid dienone is 1. The van der Waals surface area contributed by atoms with Crippen LogP contribution in [0.15, 0.2) is 59.2 Å². The molecule has 0 bridgehead atoms. The van der Waals surface area contributed by atoms with Gasteiger partial charge in [-0.3, -0.25) is 4.79 Å². The Kier molecular flexibility index (Phi) is 6.17. The zero-order valence-electron chi connectivity index (χ0n) is 13.7. The molecule has 128 valence electrons. The molecule has 2 aromatic rings. The van der Waals surface area contributed by atoms with Gasteiger partial charge in [-0.05, 0) is 29.8 Å². The Hall–Kier alpha value is -3.28. The second-order valence-electron chi connectivity index (χ2n) is 4.87. The minimum absolute atomic E-state index is 0.0311. The Balaban J connectivity index is 2.51. The van der Waals surface area contributed by atoms with Crippen LogP contribution in [0.4, 0.5) is 4.39 Å². The number of aldehydes is 1. The summed E-state index contributed by atoms with van der Waals surface area (Å²) in [6.07, 6.45) is 1.79. The van der Waals surface area contributed by atoms with E-state index in [1.807, 2.05) is 6.07 Å². The molecule has 0 spiro atoms. The van der Waals surface area contributed by atoms with Gasteiger partial charge < -0.3 is 9.47 Å². The first-order valence-corrected chi connectivity index (χ1v) is 7.32. The van der Waals surface area contributed by atoms with Crippen molar-refractivity contribution in [2.75, 3.05) is 14.2 Å². The van der Waals surface area contributed by atoms with Gasteiger partial charge in [-0.2, -0.15) is 0 Å². The molecular weight excluding hydrogens is 325 g/mol. The Morgan fingerprint density at radius 2 is 1.76 bits per heavy atom. The normalized spacial score (nSPS) is 11.8. The second-order valence-corrected chi connectivity index (χ2v) is 4.87. The first-order valence-electron chi connectivity index (χ1n) is 7.32. The molecule has 6 heteroatoms. The van der Waals surface area contributed by atoms with Crippen molar-refractivity contribution in [2.45, 2.75) is 0 Å². The van der Waals surface area contributed by atoms with Crippen LogP contribution in [0.1, 0.15) is 21.5 Å². The number of hydrogen-bond acceptors (Lipinski definition) is 5. The van der Waals surface area contributed by atoms with Gasteiger partial charge in [0.25, 0.3) is 0 Å². The molecule has 0 amide bonds. The molecule has 0 heterocycles. The Bertz CT molecular complexity index is 829. The summed E-state index contributed by atoms with van der Waals surface area (Å²) in [6, 6.07) is 13.0. The Morgan fingerprint density at radius 3 is 2.36 bits per heavy atom. The number of halogens is 1. The van der Waals surface area contributed by atoms with E-state index in [0.717, 1.165) is 13.2 Å². The number of aliphatic imine (C=N–C) groups is 1. The standard InChI is InChI=1S/C19H16FNO4/c1-24-18(13-7-4-3-5-8-13)21-15(12-22)11-14-9-6-10-16(20)17(14)19(23)25-2/h3-12H,1-2H3/b15-11-,21-18?. The number of rotatable bonds is 5. The number of esters is 1. The molecule has 5 nitrogen and oxygen atoms in total. The van der Waals surface area contributed by atoms with Gasteiger partial charge in [-0.15, -0.1) is 0 Å². The van der Waals surface area contributed by atoms with Crippen LogP contribution < -0.4 is 0 Å². The third kappa shape index (κ3) is 4.38. The van der Waals surface area contributed by atoms with Crippen molar-refractivity contribution >= 4 is 24.2 Å². The van der Waals surface area contributed by atoms with Gasteiger partial charge in [0.1, 0.15) is 17.1 Å². The third-order valence-electron chi connectivity index (χ3n) is 3.30. The van der Waals surface area contributed by atoms with E-state index in [0.29, 0.717) is 11.8 Å². The van der Waals surface area contributed by atoms with Crippen LogP contribution in [-0.2, 0) is 14.3 Å². The smallest absolute Gasteiger partial charge is 0.341 e. The van der Waals surface area contributed by atoms with Gasteiger partial charge in [0, 0.05) is 5.56 Å². The molecule has 0 radical (unpaired) electrons. The number of nitrogens with zero attached hydrogens (tertiary/aromatic N) is 1.